The van der Waals surface area contributed by atoms with Gasteiger partial charge in [0, 0.05) is 64.8 Å². The molecule has 2 N–H and O–H groups in total. The van der Waals surface area contributed by atoms with Gasteiger partial charge in [-0.25, -0.2) is 0 Å². The van der Waals surface area contributed by atoms with Crippen molar-refractivity contribution in [1.82, 2.24) is 15.2 Å². The lowest BCUT2D eigenvalue weighted by Gasteiger charge is -2.18. The Hall–Kier alpha value is -4.12. The Morgan fingerprint density at radius 1 is 1.24 bits per heavy atom. The zero-order valence-electron chi connectivity index (χ0n) is 19.7. The summed E-state index contributed by atoms with van der Waals surface area (Å²) < 4.78 is 0. The number of fused-ring (bicyclic) bond motifs is 1. The average Bonchev–Trinajstić information content (AvgIpc) is 3.47. The Balaban J connectivity index is 1.47. The molecule has 5 nitrogen and oxygen atoms in total. The van der Waals surface area contributed by atoms with Gasteiger partial charge in [0.1, 0.15) is 0 Å². The summed E-state index contributed by atoms with van der Waals surface area (Å²) in [5.74, 6) is 0.124. The van der Waals surface area contributed by atoms with Crippen molar-refractivity contribution in [2.75, 3.05) is 6.54 Å². The molecule has 0 radical (unpaired) electrons. The zero-order chi connectivity index (χ0) is 23.9. The summed E-state index contributed by atoms with van der Waals surface area (Å²) in [6.45, 7) is 8.58. The average molecular weight is 451 g/mol. The van der Waals surface area contributed by atoms with E-state index in [9.17, 15) is 4.79 Å². The van der Waals surface area contributed by atoms with E-state index >= 15 is 0 Å². The van der Waals surface area contributed by atoms with Crippen LogP contribution in [0, 0.1) is 0 Å². The molecule has 1 aromatic heterocycles. The number of benzene rings is 2. The molecule has 172 valence electrons. The SMILES string of the molecule is C=CC(=N/C=C\C/C(=C/C)NC1=C(C)N(C=O)CC1c1ccccc1)c1ccc2[nH]ccc2c1. The summed E-state index contributed by atoms with van der Waals surface area (Å²) in [5, 5.41) is 4.74. The zero-order valence-corrected chi connectivity index (χ0v) is 19.7. The number of aromatic amines is 1. The van der Waals surface area contributed by atoms with E-state index in [2.05, 4.69) is 52.2 Å². The number of hydrogen-bond donors (Lipinski definition) is 2. The lowest BCUT2D eigenvalue weighted by Crippen LogP contribution is -2.19. The van der Waals surface area contributed by atoms with Gasteiger partial charge in [0.15, 0.2) is 0 Å². The van der Waals surface area contributed by atoms with Crippen LogP contribution in [0.2, 0.25) is 0 Å². The third-order valence-electron chi connectivity index (χ3n) is 6.22. The molecule has 34 heavy (non-hydrogen) atoms. The molecule has 1 aliphatic rings. The standard InChI is InChI=1S/C29H30N4O/c1-4-25(32-29-21(3)33(20-34)19-26(29)22-10-7-6-8-11-22)12-9-16-30-27(5-2)23-13-14-28-24(18-23)15-17-31-28/h4-11,13-18,20,26,31-32H,2,12,19H2,1,3H3/b16-9-,25-4-,30-27?. The van der Waals surface area contributed by atoms with Gasteiger partial charge in [-0.1, -0.05) is 55.1 Å². The molecule has 1 atom stereocenters. The number of carbonyl (C=O) groups is 1. The van der Waals surface area contributed by atoms with Crippen molar-refractivity contribution in [3.05, 3.63) is 120 Å². The van der Waals surface area contributed by atoms with Crippen LogP contribution in [0.25, 0.3) is 10.9 Å². The quantitative estimate of drug-likeness (QED) is 0.309. The smallest absolute Gasteiger partial charge is 0.213 e. The summed E-state index contributed by atoms with van der Waals surface area (Å²) in [6.07, 6.45) is 11.2. The van der Waals surface area contributed by atoms with Gasteiger partial charge in [0.25, 0.3) is 0 Å². The van der Waals surface area contributed by atoms with Gasteiger partial charge in [0.05, 0.1) is 5.71 Å². The number of aromatic nitrogens is 1. The Labute approximate surface area is 200 Å². The number of aliphatic imine (C=N–C) groups is 1. The molecule has 2 aromatic carbocycles. The monoisotopic (exact) mass is 450 g/mol. The second-order valence-corrected chi connectivity index (χ2v) is 8.25. The molecule has 2 heterocycles. The van der Waals surface area contributed by atoms with Crippen molar-refractivity contribution in [1.29, 1.82) is 0 Å². The number of allylic oxidation sites excluding steroid dienone is 4. The van der Waals surface area contributed by atoms with Crippen LogP contribution in [-0.4, -0.2) is 28.6 Å². The van der Waals surface area contributed by atoms with E-state index < -0.39 is 0 Å². The second-order valence-electron chi connectivity index (χ2n) is 8.25. The molecule has 4 rings (SSSR count). The van der Waals surface area contributed by atoms with E-state index in [1.807, 2.05) is 62.7 Å². The summed E-state index contributed by atoms with van der Waals surface area (Å²) in [4.78, 5) is 21.2. The fraction of sp³-hybridized carbons (Fsp3) is 0.172. The van der Waals surface area contributed by atoms with Crippen LogP contribution in [0.15, 0.2) is 114 Å². The van der Waals surface area contributed by atoms with Crippen molar-refractivity contribution < 1.29 is 4.79 Å². The van der Waals surface area contributed by atoms with Crippen LogP contribution in [-0.2, 0) is 4.79 Å². The Morgan fingerprint density at radius 2 is 2.06 bits per heavy atom. The van der Waals surface area contributed by atoms with E-state index in [-0.39, 0.29) is 5.92 Å². The number of nitrogens with zero attached hydrogens (tertiary/aromatic N) is 2. The topological polar surface area (TPSA) is 60.5 Å². The fourth-order valence-electron chi connectivity index (χ4n) is 4.27. The molecule has 0 saturated carbocycles. The predicted octanol–water partition coefficient (Wildman–Crippen LogP) is 6.03. The normalized spacial score (nSPS) is 17.1. The third kappa shape index (κ3) is 4.94. The number of hydrogen-bond acceptors (Lipinski definition) is 3. The van der Waals surface area contributed by atoms with Crippen LogP contribution in [0.5, 0.6) is 0 Å². The highest BCUT2D eigenvalue weighted by atomic mass is 16.1. The molecular weight excluding hydrogens is 420 g/mol. The number of nitrogens with one attached hydrogen (secondary N) is 2. The maximum Gasteiger partial charge on any atom is 0.213 e. The van der Waals surface area contributed by atoms with E-state index in [1.165, 1.54) is 5.56 Å². The van der Waals surface area contributed by atoms with Crippen LogP contribution in [0.4, 0.5) is 0 Å². The van der Waals surface area contributed by atoms with Crippen molar-refractivity contribution >= 4 is 23.0 Å². The first kappa shape index (κ1) is 23.1. The van der Waals surface area contributed by atoms with Gasteiger partial charge in [-0.2, -0.15) is 0 Å². The molecule has 1 aliphatic heterocycles. The Kier molecular flexibility index (Phi) is 7.23. The fourth-order valence-corrected chi connectivity index (χ4v) is 4.27. The molecule has 5 heteroatoms. The molecule has 0 fully saturated rings. The molecule has 0 bridgehead atoms. The Bertz CT molecular complexity index is 1290. The highest BCUT2D eigenvalue weighted by molar-refractivity contribution is 6.10. The Morgan fingerprint density at radius 3 is 2.79 bits per heavy atom. The minimum Gasteiger partial charge on any atom is -0.361 e. The molecular formula is C29H30N4O. The first-order valence-electron chi connectivity index (χ1n) is 11.5. The van der Waals surface area contributed by atoms with Gasteiger partial charge in [-0.3, -0.25) is 9.79 Å². The molecule has 0 aliphatic carbocycles. The molecule has 0 spiro atoms. The molecule has 1 amide bonds. The second kappa shape index (κ2) is 10.7. The minimum absolute atomic E-state index is 0.124. The maximum absolute atomic E-state index is 11.6. The lowest BCUT2D eigenvalue weighted by atomic mass is 9.96. The third-order valence-corrected chi connectivity index (χ3v) is 6.22. The summed E-state index contributed by atoms with van der Waals surface area (Å²) in [5.41, 5.74) is 7.24. The van der Waals surface area contributed by atoms with Crippen molar-refractivity contribution in [3.63, 3.8) is 0 Å². The van der Waals surface area contributed by atoms with E-state index in [0.717, 1.165) is 45.7 Å². The molecule has 3 aromatic rings. The first-order chi connectivity index (χ1) is 16.6. The van der Waals surface area contributed by atoms with Gasteiger partial charge < -0.3 is 15.2 Å². The van der Waals surface area contributed by atoms with Crippen molar-refractivity contribution in [2.24, 2.45) is 4.99 Å². The predicted molar refractivity (Wildman–Crippen MR) is 140 cm³/mol. The van der Waals surface area contributed by atoms with Gasteiger partial charge >= 0.3 is 0 Å². The first-order valence-corrected chi connectivity index (χ1v) is 11.5. The van der Waals surface area contributed by atoms with E-state index in [4.69, 9.17) is 0 Å². The van der Waals surface area contributed by atoms with E-state index in [1.54, 1.807) is 11.0 Å². The van der Waals surface area contributed by atoms with Gasteiger partial charge in [-0.05, 0) is 43.7 Å². The summed E-state index contributed by atoms with van der Waals surface area (Å²) >= 11 is 0. The number of H-pyrrole nitrogens is 1. The summed E-state index contributed by atoms with van der Waals surface area (Å²) in [6, 6.07) is 18.6. The summed E-state index contributed by atoms with van der Waals surface area (Å²) in [7, 11) is 0. The van der Waals surface area contributed by atoms with Crippen LogP contribution in [0.1, 0.15) is 37.3 Å². The van der Waals surface area contributed by atoms with E-state index in [0.29, 0.717) is 13.0 Å². The highest BCUT2D eigenvalue weighted by Crippen LogP contribution is 2.34. The van der Waals surface area contributed by atoms with Crippen LogP contribution >= 0.6 is 0 Å². The van der Waals surface area contributed by atoms with Crippen LogP contribution in [0.3, 0.4) is 0 Å². The lowest BCUT2D eigenvalue weighted by molar-refractivity contribution is -0.116. The van der Waals surface area contributed by atoms with Crippen molar-refractivity contribution in [3.8, 4) is 0 Å². The largest absolute Gasteiger partial charge is 0.361 e. The molecule has 1 unspecified atom stereocenters. The highest BCUT2D eigenvalue weighted by Gasteiger charge is 2.30. The molecule has 0 saturated heterocycles. The minimum atomic E-state index is 0.124. The van der Waals surface area contributed by atoms with Gasteiger partial charge in [-0.15, -0.1) is 0 Å². The van der Waals surface area contributed by atoms with Crippen molar-refractivity contribution in [2.45, 2.75) is 26.2 Å². The van der Waals surface area contributed by atoms with Crippen LogP contribution < -0.4 is 5.32 Å². The number of rotatable bonds is 9. The number of amides is 1. The number of carbonyl (C=O) groups excluding carboxylic acids is 1. The maximum atomic E-state index is 11.6. The van der Waals surface area contributed by atoms with Gasteiger partial charge in [0.2, 0.25) is 6.41 Å².